The average Bonchev–Trinajstić information content (AvgIpc) is 2.03. The second-order valence-electron chi connectivity index (χ2n) is 2.24. The molecule has 0 aromatic carbocycles. The summed E-state index contributed by atoms with van der Waals surface area (Å²) >= 11 is 3.19. The molecule has 0 spiro atoms. The van der Waals surface area contributed by atoms with Gasteiger partial charge in [-0.1, -0.05) is 22.0 Å². The van der Waals surface area contributed by atoms with Gasteiger partial charge < -0.3 is 4.79 Å². The lowest BCUT2D eigenvalue weighted by atomic mass is 10.2. The Kier molecular flexibility index (Phi) is 2.76. The summed E-state index contributed by atoms with van der Waals surface area (Å²) in [5, 5.41) is 0. The maximum atomic E-state index is 10.3. The number of aldehydes is 1. The van der Waals surface area contributed by atoms with E-state index in [9.17, 15) is 4.79 Å². The number of pyridine rings is 1. The van der Waals surface area contributed by atoms with E-state index in [0.29, 0.717) is 0 Å². The zero-order chi connectivity index (χ0) is 8.27. The van der Waals surface area contributed by atoms with E-state index in [2.05, 4.69) is 20.9 Å². The number of rotatable bonds is 2. The van der Waals surface area contributed by atoms with E-state index in [1.54, 1.807) is 0 Å². The largest absolute Gasteiger partial charge is 0.302 e. The van der Waals surface area contributed by atoms with Crippen molar-refractivity contribution in [2.75, 3.05) is 0 Å². The van der Waals surface area contributed by atoms with Crippen LogP contribution in [-0.2, 0) is 4.79 Å². The molecule has 0 N–H and O–H groups in total. The van der Waals surface area contributed by atoms with Gasteiger partial charge in [-0.2, -0.15) is 0 Å². The lowest BCUT2D eigenvalue weighted by Crippen LogP contribution is -1.95. The summed E-state index contributed by atoms with van der Waals surface area (Å²) in [4.78, 5) is 14.2. The lowest BCUT2D eigenvalue weighted by molar-refractivity contribution is -0.107. The molecule has 0 amide bonds. The maximum absolute atomic E-state index is 10.3. The van der Waals surface area contributed by atoms with Crippen LogP contribution < -0.4 is 0 Å². The molecule has 0 aliphatic heterocycles. The van der Waals surface area contributed by atoms with E-state index in [1.165, 1.54) is 0 Å². The molecule has 1 atom stereocenters. The highest BCUT2D eigenvalue weighted by Crippen LogP contribution is 2.17. The number of aromatic nitrogens is 1. The molecule has 0 aliphatic carbocycles. The first kappa shape index (κ1) is 8.40. The molecule has 1 unspecified atom stereocenters. The van der Waals surface area contributed by atoms with Crippen molar-refractivity contribution >= 4 is 22.2 Å². The Morgan fingerprint density at radius 3 is 2.91 bits per heavy atom. The molecule has 1 aromatic heterocycles. The minimum absolute atomic E-state index is 0.276. The van der Waals surface area contributed by atoms with Gasteiger partial charge in [0.25, 0.3) is 0 Å². The third-order valence-corrected chi connectivity index (χ3v) is 2.00. The molecule has 0 aliphatic rings. The molecule has 0 saturated carbocycles. The SMILES string of the molecule is Cc1cccc(C(Br)C=O)n1. The van der Waals surface area contributed by atoms with Crippen LogP contribution in [0.2, 0.25) is 0 Å². The van der Waals surface area contributed by atoms with Gasteiger partial charge in [-0.15, -0.1) is 0 Å². The minimum Gasteiger partial charge on any atom is -0.302 e. The fourth-order valence-electron chi connectivity index (χ4n) is 0.787. The van der Waals surface area contributed by atoms with E-state index in [0.717, 1.165) is 17.7 Å². The minimum atomic E-state index is -0.276. The van der Waals surface area contributed by atoms with Crippen LogP contribution in [-0.4, -0.2) is 11.3 Å². The van der Waals surface area contributed by atoms with Gasteiger partial charge in [0.05, 0.1) is 5.69 Å². The van der Waals surface area contributed by atoms with Crippen molar-refractivity contribution in [2.45, 2.75) is 11.8 Å². The molecular formula is C8H8BrNO. The van der Waals surface area contributed by atoms with Crippen molar-refractivity contribution < 1.29 is 4.79 Å². The predicted octanol–water partition coefficient (Wildman–Crippen LogP) is 2.02. The summed E-state index contributed by atoms with van der Waals surface area (Å²) in [7, 11) is 0. The summed E-state index contributed by atoms with van der Waals surface area (Å²) in [6.07, 6.45) is 0.821. The Morgan fingerprint density at radius 1 is 1.64 bits per heavy atom. The highest BCUT2D eigenvalue weighted by molar-refractivity contribution is 9.09. The molecule has 0 saturated heterocycles. The quantitative estimate of drug-likeness (QED) is 0.556. The fourth-order valence-corrected chi connectivity index (χ4v) is 1.04. The van der Waals surface area contributed by atoms with Gasteiger partial charge >= 0.3 is 0 Å². The van der Waals surface area contributed by atoms with Gasteiger partial charge in [0.15, 0.2) is 0 Å². The van der Waals surface area contributed by atoms with Crippen LogP contribution in [0.15, 0.2) is 18.2 Å². The third-order valence-electron chi connectivity index (χ3n) is 1.31. The number of aryl methyl sites for hydroxylation is 1. The van der Waals surface area contributed by atoms with Crippen molar-refractivity contribution in [1.82, 2.24) is 4.98 Å². The molecule has 0 fully saturated rings. The van der Waals surface area contributed by atoms with Crippen LogP contribution >= 0.6 is 15.9 Å². The van der Waals surface area contributed by atoms with E-state index in [4.69, 9.17) is 0 Å². The Labute approximate surface area is 73.8 Å². The Hall–Kier alpha value is -0.700. The molecule has 3 heteroatoms. The van der Waals surface area contributed by atoms with Crippen molar-refractivity contribution in [3.63, 3.8) is 0 Å². The monoisotopic (exact) mass is 213 g/mol. The van der Waals surface area contributed by atoms with E-state index < -0.39 is 0 Å². The molecule has 1 aromatic rings. The first-order valence-corrected chi connectivity index (χ1v) is 4.18. The molecule has 2 nitrogen and oxygen atoms in total. The van der Waals surface area contributed by atoms with Gasteiger partial charge in [-0.25, -0.2) is 0 Å². The van der Waals surface area contributed by atoms with Gasteiger partial charge in [0, 0.05) is 5.69 Å². The number of hydrogen-bond donors (Lipinski definition) is 0. The Bertz CT molecular complexity index is 262. The van der Waals surface area contributed by atoms with Crippen LogP contribution in [0.25, 0.3) is 0 Å². The second kappa shape index (κ2) is 3.62. The molecule has 1 rings (SSSR count). The standard InChI is InChI=1S/C8H8BrNO/c1-6-3-2-4-8(10-6)7(9)5-11/h2-5,7H,1H3. The Morgan fingerprint density at radius 2 is 2.36 bits per heavy atom. The van der Waals surface area contributed by atoms with Crippen molar-refractivity contribution in [3.05, 3.63) is 29.6 Å². The maximum Gasteiger partial charge on any atom is 0.139 e. The molecule has 58 valence electrons. The summed E-state index contributed by atoms with van der Waals surface area (Å²) in [6, 6.07) is 5.60. The zero-order valence-corrected chi connectivity index (χ0v) is 7.71. The highest BCUT2D eigenvalue weighted by atomic mass is 79.9. The van der Waals surface area contributed by atoms with Gasteiger partial charge in [0.1, 0.15) is 11.1 Å². The van der Waals surface area contributed by atoms with E-state index >= 15 is 0 Å². The third kappa shape index (κ3) is 2.12. The van der Waals surface area contributed by atoms with Gasteiger partial charge in [0.2, 0.25) is 0 Å². The first-order valence-electron chi connectivity index (χ1n) is 3.27. The summed E-state index contributed by atoms with van der Waals surface area (Å²) < 4.78 is 0. The van der Waals surface area contributed by atoms with Crippen LogP contribution in [0.3, 0.4) is 0 Å². The van der Waals surface area contributed by atoms with Crippen LogP contribution in [0.1, 0.15) is 16.2 Å². The number of nitrogens with zero attached hydrogens (tertiary/aromatic N) is 1. The van der Waals surface area contributed by atoms with Crippen LogP contribution in [0.5, 0.6) is 0 Å². The molecular weight excluding hydrogens is 206 g/mol. The number of alkyl halides is 1. The van der Waals surface area contributed by atoms with Crippen LogP contribution in [0.4, 0.5) is 0 Å². The normalized spacial score (nSPS) is 12.5. The topological polar surface area (TPSA) is 30.0 Å². The predicted molar refractivity (Wildman–Crippen MR) is 46.7 cm³/mol. The van der Waals surface area contributed by atoms with Gasteiger partial charge in [-0.05, 0) is 19.1 Å². The van der Waals surface area contributed by atoms with E-state index in [-0.39, 0.29) is 4.83 Å². The van der Waals surface area contributed by atoms with Crippen molar-refractivity contribution in [1.29, 1.82) is 0 Å². The highest BCUT2D eigenvalue weighted by Gasteiger charge is 2.05. The number of carbonyl (C=O) groups excluding carboxylic acids is 1. The average molecular weight is 214 g/mol. The summed E-state index contributed by atoms with van der Waals surface area (Å²) in [5.41, 5.74) is 1.69. The molecule has 1 heterocycles. The smallest absolute Gasteiger partial charge is 0.139 e. The first-order chi connectivity index (χ1) is 5.24. The molecule has 0 radical (unpaired) electrons. The Balaban J connectivity index is 2.95. The van der Waals surface area contributed by atoms with E-state index in [1.807, 2.05) is 25.1 Å². The number of halogens is 1. The zero-order valence-electron chi connectivity index (χ0n) is 6.12. The molecule has 11 heavy (non-hydrogen) atoms. The molecule has 0 bridgehead atoms. The van der Waals surface area contributed by atoms with Gasteiger partial charge in [-0.3, -0.25) is 4.98 Å². The lowest BCUT2D eigenvalue weighted by Gasteiger charge is -2.00. The van der Waals surface area contributed by atoms with Crippen molar-refractivity contribution in [3.8, 4) is 0 Å². The van der Waals surface area contributed by atoms with Crippen LogP contribution in [0, 0.1) is 6.92 Å². The fraction of sp³-hybridized carbons (Fsp3) is 0.250. The summed E-state index contributed by atoms with van der Waals surface area (Å²) in [5.74, 6) is 0. The van der Waals surface area contributed by atoms with Crippen molar-refractivity contribution in [2.24, 2.45) is 0 Å². The number of carbonyl (C=O) groups is 1. The number of hydrogen-bond acceptors (Lipinski definition) is 2. The second-order valence-corrected chi connectivity index (χ2v) is 3.23. The summed E-state index contributed by atoms with van der Waals surface area (Å²) in [6.45, 7) is 1.90.